The number of nitrogens with zero attached hydrogens (tertiary/aromatic N) is 3. The number of pyridine rings is 1. The fourth-order valence-electron chi connectivity index (χ4n) is 4.81. The molecule has 5 rings (SSSR count). The summed E-state index contributed by atoms with van der Waals surface area (Å²) in [7, 11) is 0. The van der Waals surface area contributed by atoms with Crippen LogP contribution < -0.4 is 15.7 Å². The van der Waals surface area contributed by atoms with Crippen molar-refractivity contribution in [1.82, 2.24) is 15.2 Å². The minimum atomic E-state index is -0.417. The van der Waals surface area contributed by atoms with Crippen molar-refractivity contribution in [2.45, 2.75) is 31.8 Å². The van der Waals surface area contributed by atoms with Gasteiger partial charge in [0.2, 0.25) is 0 Å². The van der Waals surface area contributed by atoms with Crippen molar-refractivity contribution >= 4 is 11.0 Å². The van der Waals surface area contributed by atoms with Crippen LogP contribution in [0.1, 0.15) is 30.4 Å². The SMILES string of the molecule is N#Cc1cccc(CNC2CCN(CCCOc3cc(=O)oc4cc(-c5cccnc5)ccc34)CC2)c1. The van der Waals surface area contributed by atoms with Gasteiger partial charge in [0.25, 0.3) is 0 Å². The highest BCUT2D eigenvalue weighted by Gasteiger charge is 2.18. The molecule has 0 radical (unpaired) electrons. The molecule has 4 aromatic rings. The Morgan fingerprint density at radius 1 is 1.08 bits per heavy atom. The van der Waals surface area contributed by atoms with E-state index >= 15 is 0 Å². The zero-order valence-electron chi connectivity index (χ0n) is 20.7. The Morgan fingerprint density at radius 3 is 2.78 bits per heavy atom. The van der Waals surface area contributed by atoms with Gasteiger partial charge in [-0.3, -0.25) is 4.98 Å². The summed E-state index contributed by atoms with van der Waals surface area (Å²) in [4.78, 5) is 18.8. The summed E-state index contributed by atoms with van der Waals surface area (Å²) >= 11 is 0. The maximum Gasteiger partial charge on any atom is 0.339 e. The smallest absolute Gasteiger partial charge is 0.339 e. The molecule has 7 nitrogen and oxygen atoms in total. The molecule has 2 aromatic carbocycles. The van der Waals surface area contributed by atoms with Gasteiger partial charge >= 0.3 is 5.63 Å². The Bertz CT molecular complexity index is 1440. The highest BCUT2D eigenvalue weighted by molar-refractivity contribution is 5.87. The number of benzene rings is 2. The third-order valence-corrected chi connectivity index (χ3v) is 6.82. The molecule has 0 spiro atoms. The predicted octanol–water partition coefficient (Wildman–Crippen LogP) is 4.75. The average Bonchev–Trinajstić information content (AvgIpc) is 2.95. The molecule has 1 fully saturated rings. The second-order valence-corrected chi connectivity index (χ2v) is 9.39. The van der Waals surface area contributed by atoms with Crippen LogP contribution in [-0.2, 0) is 6.54 Å². The predicted molar refractivity (Wildman–Crippen MR) is 143 cm³/mol. The minimum absolute atomic E-state index is 0.417. The van der Waals surface area contributed by atoms with Crippen LogP contribution in [0.2, 0.25) is 0 Å². The molecule has 37 heavy (non-hydrogen) atoms. The molecule has 7 heteroatoms. The molecule has 1 aliphatic heterocycles. The molecular weight excluding hydrogens is 464 g/mol. The van der Waals surface area contributed by atoms with Crippen molar-refractivity contribution in [2.75, 3.05) is 26.2 Å². The number of hydrogen-bond acceptors (Lipinski definition) is 7. The zero-order chi connectivity index (χ0) is 25.5. The molecule has 2 aromatic heterocycles. The number of hydrogen-bond donors (Lipinski definition) is 1. The van der Waals surface area contributed by atoms with E-state index in [9.17, 15) is 4.79 Å². The Morgan fingerprint density at radius 2 is 1.97 bits per heavy atom. The highest BCUT2D eigenvalue weighted by Crippen LogP contribution is 2.28. The number of nitriles is 1. The molecule has 1 saturated heterocycles. The van der Waals surface area contributed by atoms with Gasteiger partial charge in [0.1, 0.15) is 11.3 Å². The van der Waals surface area contributed by atoms with E-state index in [4.69, 9.17) is 14.4 Å². The van der Waals surface area contributed by atoms with Crippen molar-refractivity contribution in [3.8, 4) is 22.9 Å². The van der Waals surface area contributed by atoms with Crippen molar-refractivity contribution in [3.63, 3.8) is 0 Å². The molecule has 0 unspecified atom stereocenters. The van der Waals surface area contributed by atoms with Gasteiger partial charge in [-0.25, -0.2) is 4.79 Å². The number of fused-ring (bicyclic) bond motifs is 1. The molecule has 1 aliphatic rings. The summed E-state index contributed by atoms with van der Waals surface area (Å²) in [6.07, 6.45) is 6.60. The molecule has 0 bridgehead atoms. The van der Waals surface area contributed by atoms with E-state index in [-0.39, 0.29) is 0 Å². The van der Waals surface area contributed by atoms with Crippen molar-refractivity contribution in [2.24, 2.45) is 0 Å². The van der Waals surface area contributed by atoms with Crippen molar-refractivity contribution < 1.29 is 9.15 Å². The van der Waals surface area contributed by atoms with E-state index in [0.29, 0.717) is 29.5 Å². The summed E-state index contributed by atoms with van der Waals surface area (Å²) in [5.41, 5.74) is 3.85. The minimum Gasteiger partial charge on any atom is -0.492 e. The van der Waals surface area contributed by atoms with Crippen LogP contribution in [-0.4, -0.2) is 42.2 Å². The molecule has 0 atom stereocenters. The number of rotatable bonds is 9. The van der Waals surface area contributed by atoms with Gasteiger partial charge in [-0.15, -0.1) is 0 Å². The largest absolute Gasteiger partial charge is 0.492 e. The standard InChI is InChI=1S/C30H30N4O3/c31-19-22-4-1-5-23(16-22)20-33-26-9-13-34(14-10-26)12-3-15-36-28-18-30(35)37-29-17-24(7-8-27(28)29)25-6-2-11-32-21-25/h1-2,4-8,11,16-18,21,26,33H,3,9-10,12-15,20H2. The molecule has 0 aliphatic carbocycles. The Hall–Kier alpha value is -3.99. The van der Waals surface area contributed by atoms with Gasteiger partial charge in [-0.2, -0.15) is 5.26 Å². The van der Waals surface area contributed by atoms with Crippen LogP contribution in [0, 0.1) is 11.3 Å². The zero-order valence-corrected chi connectivity index (χ0v) is 20.7. The average molecular weight is 495 g/mol. The topological polar surface area (TPSA) is 91.4 Å². The van der Waals surface area contributed by atoms with E-state index in [1.54, 1.807) is 12.4 Å². The first-order valence-corrected chi connectivity index (χ1v) is 12.7. The number of nitrogens with one attached hydrogen (secondary N) is 1. The Labute approximate surface area is 216 Å². The molecule has 0 amide bonds. The third kappa shape index (κ3) is 6.42. The number of likely N-dealkylation sites (tertiary alicyclic amines) is 1. The molecule has 1 N–H and O–H groups in total. The van der Waals surface area contributed by atoms with Crippen LogP contribution in [0.4, 0.5) is 0 Å². The number of aromatic nitrogens is 1. The van der Waals surface area contributed by atoms with Crippen molar-refractivity contribution in [1.29, 1.82) is 5.26 Å². The normalized spacial score (nSPS) is 14.5. The van der Waals surface area contributed by atoms with E-state index in [1.165, 1.54) is 6.07 Å². The van der Waals surface area contributed by atoms with Crippen LogP contribution in [0.15, 0.2) is 82.3 Å². The quantitative estimate of drug-likeness (QED) is 0.265. The summed E-state index contributed by atoms with van der Waals surface area (Å²) in [6, 6.07) is 21.5. The third-order valence-electron chi connectivity index (χ3n) is 6.82. The maximum atomic E-state index is 12.2. The van der Waals surface area contributed by atoms with Crippen LogP contribution in [0.5, 0.6) is 5.75 Å². The molecule has 0 saturated carbocycles. The van der Waals surface area contributed by atoms with Crippen molar-refractivity contribution in [3.05, 3.63) is 94.6 Å². The highest BCUT2D eigenvalue weighted by atomic mass is 16.5. The van der Waals surface area contributed by atoms with E-state index in [0.717, 1.165) is 67.5 Å². The maximum absolute atomic E-state index is 12.2. The lowest BCUT2D eigenvalue weighted by molar-refractivity contribution is 0.182. The lowest BCUT2D eigenvalue weighted by Gasteiger charge is -2.32. The number of ether oxygens (including phenoxy) is 1. The first-order valence-electron chi connectivity index (χ1n) is 12.7. The fourth-order valence-corrected chi connectivity index (χ4v) is 4.81. The lowest BCUT2D eigenvalue weighted by Crippen LogP contribution is -2.42. The molecule has 188 valence electrons. The number of piperidine rings is 1. The van der Waals surface area contributed by atoms with Gasteiger partial charge in [0, 0.05) is 37.1 Å². The van der Waals surface area contributed by atoms with Gasteiger partial charge in [0.15, 0.2) is 0 Å². The van der Waals surface area contributed by atoms with Gasteiger partial charge in [-0.05, 0) is 73.8 Å². The summed E-state index contributed by atoms with van der Waals surface area (Å²) in [5, 5.41) is 13.5. The molecule has 3 heterocycles. The monoisotopic (exact) mass is 494 g/mol. The fraction of sp³-hybridized carbons (Fsp3) is 0.300. The first-order chi connectivity index (χ1) is 18.2. The van der Waals surface area contributed by atoms with Crippen LogP contribution >= 0.6 is 0 Å². The molecular formula is C30H30N4O3. The summed E-state index contributed by atoms with van der Waals surface area (Å²) < 4.78 is 11.5. The van der Waals surface area contributed by atoms with E-state index in [1.807, 2.05) is 48.5 Å². The van der Waals surface area contributed by atoms with Crippen LogP contribution in [0.3, 0.4) is 0 Å². The lowest BCUT2D eigenvalue weighted by atomic mass is 10.0. The van der Waals surface area contributed by atoms with Crippen LogP contribution in [0.25, 0.3) is 22.1 Å². The Balaban J connectivity index is 1.09. The van der Waals surface area contributed by atoms with Gasteiger partial charge < -0.3 is 19.4 Å². The van der Waals surface area contributed by atoms with E-state index < -0.39 is 5.63 Å². The second-order valence-electron chi connectivity index (χ2n) is 9.39. The van der Waals surface area contributed by atoms with Gasteiger partial charge in [0.05, 0.1) is 29.7 Å². The van der Waals surface area contributed by atoms with E-state index in [2.05, 4.69) is 27.3 Å². The first kappa shape index (κ1) is 24.7. The summed E-state index contributed by atoms with van der Waals surface area (Å²) in [6.45, 7) is 4.38. The second kappa shape index (κ2) is 11.8. The Kier molecular flexibility index (Phi) is 7.90. The summed E-state index contributed by atoms with van der Waals surface area (Å²) in [5.74, 6) is 0.562. The van der Waals surface area contributed by atoms with Gasteiger partial charge in [-0.1, -0.05) is 24.3 Å².